The average molecular weight is 233 g/mol. The van der Waals surface area contributed by atoms with E-state index in [9.17, 15) is 13.2 Å². The quantitative estimate of drug-likeness (QED) is 0.794. The van der Waals surface area contributed by atoms with Crippen molar-refractivity contribution < 1.29 is 22.6 Å². The fourth-order valence-electron chi connectivity index (χ4n) is 1.33. The molecular formula is C11H12F3O2. The van der Waals surface area contributed by atoms with E-state index in [1.807, 2.05) is 0 Å². The normalized spacial score (nSPS) is 11.7. The lowest BCUT2D eigenvalue weighted by atomic mass is 10.0. The lowest BCUT2D eigenvalue weighted by Crippen LogP contribution is -2.18. The molecule has 2 nitrogen and oxygen atoms in total. The smallest absolute Gasteiger partial charge is 0.493 e. The van der Waals surface area contributed by atoms with Gasteiger partial charge in [0.2, 0.25) is 0 Å². The SMILES string of the molecule is COc1c(OC(F)(F)F)cccc1[C](C)C. The maximum atomic E-state index is 12.1. The highest BCUT2D eigenvalue weighted by Crippen LogP contribution is 2.37. The molecule has 0 fully saturated rings. The summed E-state index contributed by atoms with van der Waals surface area (Å²) >= 11 is 0. The Bertz CT molecular complexity index is 359. The van der Waals surface area contributed by atoms with E-state index in [2.05, 4.69) is 4.74 Å². The number of methoxy groups -OCH3 is 1. The van der Waals surface area contributed by atoms with Gasteiger partial charge in [-0.2, -0.15) is 0 Å². The van der Waals surface area contributed by atoms with Gasteiger partial charge in [0.1, 0.15) is 0 Å². The minimum Gasteiger partial charge on any atom is -0.493 e. The van der Waals surface area contributed by atoms with Crippen LogP contribution in [-0.4, -0.2) is 13.5 Å². The van der Waals surface area contributed by atoms with Crippen LogP contribution < -0.4 is 9.47 Å². The third-order valence-corrected chi connectivity index (χ3v) is 1.95. The lowest BCUT2D eigenvalue weighted by molar-refractivity contribution is -0.275. The number of benzene rings is 1. The van der Waals surface area contributed by atoms with E-state index >= 15 is 0 Å². The standard InChI is InChI=1S/C11H12F3O2/c1-7(2)8-5-4-6-9(10(8)15-3)16-11(12,13)14/h4-6H,1-3H3. The van der Waals surface area contributed by atoms with Gasteiger partial charge in [-0.05, 0) is 6.07 Å². The maximum Gasteiger partial charge on any atom is 0.573 e. The van der Waals surface area contributed by atoms with Crippen molar-refractivity contribution in [2.75, 3.05) is 7.11 Å². The van der Waals surface area contributed by atoms with Gasteiger partial charge in [-0.25, -0.2) is 0 Å². The molecule has 0 spiro atoms. The Morgan fingerprint density at radius 1 is 1.19 bits per heavy atom. The van der Waals surface area contributed by atoms with E-state index in [1.54, 1.807) is 19.9 Å². The van der Waals surface area contributed by atoms with Crippen LogP contribution in [0.25, 0.3) is 0 Å². The van der Waals surface area contributed by atoms with Gasteiger partial charge in [-0.1, -0.05) is 26.0 Å². The second-order valence-electron chi connectivity index (χ2n) is 3.38. The van der Waals surface area contributed by atoms with E-state index in [-0.39, 0.29) is 11.5 Å². The fraction of sp³-hybridized carbons (Fsp3) is 0.364. The molecule has 1 rings (SSSR count). The van der Waals surface area contributed by atoms with Crippen molar-refractivity contribution in [3.05, 3.63) is 29.7 Å². The number of ether oxygens (including phenoxy) is 2. The Kier molecular flexibility index (Phi) is 3.67. The molecule has 0 amide bonds. The zero-order valence-corrected chi connectivity index (χ0v) is 9.18. The highest BCUT2D eigenvalue weighted by atomic mass is 19.4. The first kappa shape index (κ1) is 12.7. The Balaban J connectivity index is 3.14. The lowest BCUT2D eigenvalue weighted by Gasteiger charge is -2.16. The van der Waals surface area contributed by atoms with Crippen LogP contribution in [0.2, 0.25) is 0 Å². The number of rotatable bonds is 3. The first-order chi connectivity index (χ1) is 7.35. The number of hydrogen-bond acceptors (Lipinski definition) is 2. The summed E-state index contributed by atoms with van der Waals surface area (Å²) in [6.45, 7) is 3.57. The molecule has 5 heteroatoms. The Morgan fingerprint density at radius 2 is 1.81 bits per heavy atom. The molecule has 1 aromatic rings. The highest BCUT2D eigenvalue weighted by molar-refractivity contribution is 5.51. The summed E-state index contributed by atoms with van der Waals surface area (Å²) in [5.74, 6) is 0.623. The van der Waals surface area contributed by atoms with Crippen LogP contribution in [0.3, 0.4) is 0 Å². The maximum absolute atomic E-state index is 12.1. The van der Waals surface area contributed by atoms with E-state index < -0.39 is 6.36 Å². The van der Waals surface area contributed by atoms with E-state index in [0.29, 0.717) is 5.56 Å². The number of para-hydroxylation sites is 1. The van der Waals surface area contributed by atoms with Gasteiger partial charge in [0, 0.05) is 11.5 Å². The number of hydrogen-bond donors (Lipinski definition) is 0. The molecule has 0 saturated heterocycles. The first-order valence-electron chi connectivity index (χ1n) is 4.58. The molecule has 0 aliphatic rings. The van der Waals surface area contributed by atoms with Gasteiger partial charge < -0.3 is 9.47 Å². The molecule has 0 heterocycles. The summed E-state index contributed by atoms with van der Waals surface area (Å²) < 4.78 is 45.1. The molecule has 1 radical (unpaired) electrons. The van der Waals surface area contributed by atoms with Crippen molar-refractivity contribution in [2.24, 2.45) is 0 Å². The van der Waals surface area contributed by atoms with Crippen molar-refractivity contribution >= 4 is 0 Å². The second-order valence-corrected chi connectivity index (χ2v) is 3.38. The summed E-state index contributed by atoms with van der Waals surface area (Å²) in [4.78, 5) is 0. The van der Waals surface area contributed by atoms with Gasteiger partial charge in [0.05, 0.1) is 7.11 Å². The largest absolute Gasteiger partial charge is 0.573 e. The van der Waals surface area contributed by atoms with E-state index in [1.165, 1.54) is 19.2 Å². The van der Waals surface area contributed by atoms with Crippen LogP contribution in [-0.2, 0) is 0 Å². The van der Waals surface area contributed by atoms with Crippen molar-refractivity contribution in [3.63, 3.8) is 0 Å². The molecule has 0 atom stereocenters. The zero-order valence-electron chi connectivity index (χ0n) is 9.18. The predicted octanol–water partition coefficient (Wildman–Crippen LogP) is 3.56. The summed E-state index contributed by atoms with van der Waals surface area (Å²) in [6, 6.07) is 4.39. The zero-order chi connectivity index (χ0) is 12.3. The van der Waals surface area contributed by atoms with Crippen molar-refractivity contribution in [1.82, 2.24) is 0 Å². The Morgan fingerprint density at radius 3 is 2.25 bits per heavy atom. The third kappa shape index (κ3) is 3.05. The van der Waals surface area contributed by atoms with Gasteiger partial charge >= 0.3 is 6.36 Å². The third-order valence-electron chi connectivity index (χ3n) is 1.95. The molecule has 0 aliphatic heterocycles. The summed E-state index contributed by atoms with van der Waals surface area (Å²) in [6.07, 6.45) is -4.71. The van der Waals surface area contributed by atoms with Crippen LogP contribution in [0.15, 0.2) is 18.2 Å². The molecule has 89 valence electrons. The minimum absolute atomic E-state index is 0.0971. The molecular weight excluding hydrogens is 221 g/mol. The molecule has 0 aromatic heterocycles. The Hall–Kier alpha value is -1.39. The molecule has 0 aliphatic carbocycles. The van der Waals surface area contributed by atoms with Crippen molar-refractivity contribution in [3.8, 4) is 11.5 Å². The van der Waals surface area contributed by atoms with Crippen molar-refractivity contribution in [2.45, 2.75) is 20.2 Å². The Labute approximate surface area is 92.0 Å². The van der Waals surface area contributed by atoms with Crippen LogP contribution in [0.4, 0.5) is 13.2 Å². The first-order valence-corrected chi connectivity index (χ1v) is 4.58. The number of halogens is 3. The molecule has 0 saturated carbocycles. The van der Waals surface area contributed by atoms with Crippen LogP contribution in [0.5, 0.6) is 11.5 Å². The average Bonchev–Trinajstić information content (AvgIpc) is 2.14. The predicted molar refractivity (Wildman–Crippen MR) is 53.4 cm³/mol. The number of alkyl halides is 3. The summed E-state index contributed by atoms with van der Waals surface area (Å²) in [7, 11) is 1.31. The second kappa shape index (κ2) is 4.63. The minimum atomic E-state index is -4.71. The molecule has 0 bridgehead atoms. The molecule has 0 unspecified atom stereocenters. The van der Waals surface area contributed by atoms with Gasteiger partial charge in [0.25, 0.3) is 0 Å². The van der Waals surface area contributed by atoms with E-state index in [4.69, 9.17) is 4.74 Å². The highest BCUT2D eigenvalue weighted by Gasteiger charge is 2.33. The molecule has 16 heavy (non-hydrogen) atoms. The molecule has 1 aromatic carbocycles. The van der Waals surface area contributed by atoms with Crippen LogP contribution >= 0.6 is 0 Å². The summed E-state index contributed by atoms with van der Waals surface area (Å²) in [5, 5.41) is 0. The topological polar surface area (TPSA) is 18.5 Å². The summed E-state index contributed by atoms with van der Waals surface area (Å²) in [5.41, 5.74) is 0.601. The van der Waals surface area contributed by atoms with Gasteiger partial charge in [0.15, 0.2) is 11.5 Å². The van der Waals surface area contributed by atoms with Crippen LogP contribution in [0, 0.1) is 5.92 Å². The van der Waals surface area contributed by atoms with Crippen molar-refractivity contribution in [1.29, 1.82) is 0 Å². The fourth-order valence-corrected chi connectivity index (χ4v) is 1.33. The van der Waals surface area contributed by atoms with Crippen LogP contribution in [0.1, 0.15) is 19.4 Å². The van der Waals surface area contributed by atoms with E-state index in [0.717, 1.165) is 5.92 Å². The van der Waals surface area contributed by atoms with Gasteiger partial charge in [-0.3, -0.25) is 0 Å². The molecule has 0 N–H and O–H groups in total. The monoisotopic (exact) mass is 233 g/mol. The van der Waals surface area contributed by atoms with Gasteiger partial charge in [-0.15, -0.1) is 13.2 Å².